The SMILES string of the molecule is COc1cc(C=CC(=O)N2CCN(Cc3cc4ccccn4n3)CC2)cc(OC)c1OC. The average molecular weight is 437 g/mol. The summed E-state index contributed by atoms with van der Waals surface area (Å²) in [6.45, 7) is 3.79. The number of methoxy groups -OCH3 is 3. The van der Waals surface area contributed by atoms with Gasteiger partial charge < -0.3 is 19.1 Å². The van der Waals surface area contributed by atoms with Crippen molar-refractivity contribution in [3.63, 3.8) is 0 Å². The first-order chi connectivity index (χ1) is 15.6. The Morgan fingerprint density at radius 2 is 1.72 bits per heavy atom. The number of carbonyl (C=O) groups excluding carboxylic acids is 1. The van der Waals surface area contributed by atoms with Gasteiger partial charge in [0.2, 0.25) is 11.7 Å². The molecule has 168 valence electrons. The number of ether oxygens (including phenoxy) is 3. The van der Waals surface area contributed by atoms with E-state index in [2.05, 4.69) is 16.1 Å². The maximum absolute atomic E-state index is 12.7. The Balaban J connectivity index is 1.34. The van der Waals surface area contributed by atoms with Crippen LogP contribution in [-0.4, -0.2) is 72.8 Å². The molecule has 0 radical (unpaired) electrons. The number of pyridine rings is 1. The summed E-state index contributed by atoms with van der Waals surface area (Å²) in [5, 5.41) is 4.62. The zero-order valence-corrected chi connectivity index (χ0v) is 18.7. The van der Waals surface area contributed by atoms with Crippen LogP contribution in [-0.2, 0) is 11.3 Å². The van der Waals surface area contributed by atoms with Crippen LogP contribution in [0.2, 0.25) is 0 Å². The molecule has 2 aromatic heterocycles. The molecule has 1 aliphatic heterocycles. The van der Waals surface area contributed by atoms with E-state index in [4.69, 9.17) is 14.2 Å². The predicted molar refractivity (Wildman–Crippen MR) is 122 cm³/mol. The summed E-state index contributed by atoms with van der Waals surface area (Å²) in [6, 6.07) is 11.8. The van der Waals surface area contributed by atoms with Crippen molar-refractivity contribution >= 4 is 17.5 Å². The molecule has 1 fully saturated rings. The van der Waals surface area contributed by atoms with E-state index in [1.165, 1.54) is 0 Å². The molecule has 0 spiro atoms. The first kappa shape index (κ1) is 21.7. The zero-order valence-electron chi connectivity index (χ0n) is 18.7. The summed E-state index contributed by atoms with van der Waals surface area (Å²) >= 11 is 0. The van der Waals surface area contributed by atoms with Gasteiger partial charge in [0.15, 0.2) is 11.5 Å². The molecule has 0 unspecified atom stereocenters. The molecule has 0 aliphatic carbocycles. The lowest BCUT2D eigenvalue weighted by molar-refractivity contribution is -0.127. The lowest BCUT2D eigenvalue weighted by Crippen LogP contribution is -2.47. The van der Waals surface area contributed by atoms with Crippen LogP contribution < -0.4 is 14.2 Å². The molecule has 0 atom stereocenters. The molecule has 32 heavy (non-hydrogen) atoms. The molecule has 1 aliphatic rings. The summed E-state index contributed by atoms with van der Waals surface area (Å²) in [5.74, 6) is 1.63. The largest absolute Gasteiger partial charge is 0.493 e. The van der Waals surface area contributed by atoms with E-state index in [0.717, 1.165) is 36.4 Å². The monoisotopic (exact) mass is 436 g/mol. The molecule has 4 rings (SSSR count). The molecule has 8 heteroatoms. The normalized spacial score (nSPS) is 14.8. The van der Waals surface area contributed by atoms with E-state index < -0.39 is 0 Å². The van der Waals surface area contributed by atoms with Crippen molar-refractivity contribution in [2.75, 3.05) is 47.5 Å². The predicted octanol–water partition coefficient (Wildman–Crippen LogP) is 2.72. The fourth-order valence-electron chi connectivity index (χ4n) is 3.89. The van der Waals surface area contributed by atoms with E-state index in [0.29, 0.717) is 30.3 Å². The highest BCUT2D eigenvalue weighted by Crippen LogP contribution is 2.38. The topological polar surface area (TPSA) is 68.5 Å². The lowest BCUT2D eigenvalue weighted by Gasteiger charge is -2.33. The first-order valence-corrected chi connectivity index (χ1v) is 10.5. The van der Waals surface area contributed by atoms with E-state index in [9.17, 15) is 4.79 Å². The minimum atomic E-state index is -0.00821. The number of benzene rings is 1. The van der Waals surface area contributed by atoms with Crippen LogP contribution in [0.25, 0.3) is 11.6 Å². The number of nitrogens with zero attached hydrogens (tertiary/aromatic N) is 4. The third kappa shape index (κ3) is 4.70. The van der Waals surface area contributed by atoms with Crippen molar-refractivity contribution in [1.82, 2.24) is 19.4 Å². The number of aromatic nitrogens is 2. The molecule has 8 nitrogen and oxygen atoms in total. The van der Waals surface area contributed by atoms with Gasteiger partial charge in [-0.15, -0.1) is 0 Å². The van der Waals surface area contributed by atoms with Crippen molar-refractivity contribution < 1.29 is 19.0 Å². The minimum absolute atomic E-state index is 0.00821. The second-order valence-electron chi connectivity index (χ2n) is 7.60. The lowest BCUT2D eigenvalue weighted by atomic mass is 10.1. The first-order valence-electron chi connectivity index (χ1n) is 10.5. The molecule has 1 aromatic carbocycles. The Bertz CT molecular complexity index is 1060. The van der Waals surface area contributed by atoms with Gasteiger partial charge in [0.05, 0.1) is 32.5 Å². The number of piperazine rings is 1. The maximum atomic E-state index is 12.7. The number of amides is 1. The number of hydrogen-bond acceptors (Lipinski definition) is 6. The van der Waals surface area contributed by atoms with Crippen LogP contribution in [0.5, 0.6) is 17.2 Å². The quantitative estimate of drug-likeness (QED) is 0.531. The van der Waals surface area contributed by atoms with Crippen molar-refractivity contribution in [3.05, 3.63) is 59.9 Å². The smallest absolute Gasteiger partial charge is 0.246 e. The summed E-state index contributed by atoms with van der Waals surface area (Å²) in [6.07, 6.45) is 5.32. The third-order valence-electron chi connectivity index (χ3n) is 5.60. The molecule has 3 aromatic rings. The van der Waals surface area contributed by atoms with Crippen molar-refractivity contribution in [3.8, 4) is 17.2 Å². The van der Waals surface area contributed by atoms with Gasteiger partial charge in [-0.05, 0) is 42.0 Å². The van der Waals surface area contributed by atoms with Crippen LogP contribution in [0, 0.1) is 0 Å². The summed E-state index contributed by atoms with van der Waals surface area (Å²) < 4.78 is 18.0. The van der Waals surface area contributed by atoms with Gasteiger partial charge >= 0.3 is 0 Å². The van der Waals surface area contributed by atoms with Gasteiger partial charge in [-0.3, -0.25) is 9.69 Å². The maximum Gasteiger partial charge on any atom is 0.246 e. The van der Waals surface area contributed by atoms with Crippen molar-refractivity contribution in [2.45, 2.75) is 6.54 Å². The summed E-state index contributed by atoms with van der Waals surface area (Å²) in [5.41, 5.74) is 2.94. The highest BCUT2D eigenvalue weighted by atomic mass is 16.5. The molecular formula is C24H28N4O4. The van der Waals surface area contributed by atoms with Gasteiger partial charge in [-0.2, -0.15) is 5.10 Å². The van der Waals surface area contributed by atoms with Crippen molar-refractivity contribution in [2.24, 2.45) is 0 Å². The Morgan fingerprint density at radius 3 is 2.34 bits per heavy atom. The second kappa shape index (κ2) is 9.74. The Morgan fingerprint density at radius 1 is 1.00 bits per heavy atom. The highest BCUT2D eigenvalue weighted by molar-refractivity contribution is 5.92. The van der Waals surface area contributed by atoms with Crippen LogP contribution in [0.1, 0.15) is 11.3 Å². The number of fused-ring (bicyclic) bond motifs is 1. The van der Waals surface area contributed by atoms with Gasteiger partial charge in [-0.1, -0.05) is 6.07 Å². The zero-order chi connectivity index (χ0) is 22.5. The molecule has 1 amide bonds. The number of carbonyl (C=O) groups is 1. The Kier molecular flexibility index (Phi) is 6.61. The van der Waals surface area contributed by atoms with Gasteiger partial charge in [-0.25, -0.2) is 4.52 Å². The number of rotatable bonds is 7. The van der Waals surface area contributed by atoms with Gasteiger partial charge in [0.25, 0.3) is 0 Å². The molecule has 0 saturated carbocycles. The van der Waals surface area contributed by atoms with Crippen molar-refractivity contribution in [1.29, 1.82) is 0 Å². The van der Waals surface area contributed by atoms with E-state index in [-0.39, 0.29) is 5.91 Å². The van der Waals surface area contributed by atoms with E-state index >= 15 is 0 Å². The average Bonchev–Trinajstić information content (AvgIpc) is 3.24. The second-order valence-corrected chi connectivity index (χ2v) is 7.60. The van der Waals surface area contributed by atoms with Crippen LogP contribution in [0.3, 0.4) is 0 Å². The minimum Gasteiger partial charge on any atom is -0.493 e. The van der Waals surface area contributed by atoms with E-state index in [1.807, 2.05) is 45.9 Å². The fourth-order valence-corrected chi connectivity index (χ4v) is 3.89. The number of hydrogen-bond donors (Lipinski definition) is 0. The van der Waals surface area contributed by atoms with Gasteiger partial charge in [0.1, 0.15) is 0 Å². The highest BCUT2D eigenvalue weighted by Gasteiger charge is 2.20. The molecule has 3 heterocycles. The standard InChI is InChI=1S/C24H28N4O4/c1-30-21-14-18(15-22(31-2)24(21)32-3)7-8-23(29)27-12-10-26(11-13-27)17-19-16-20-6-4-5-9-28(20)25-19/h4-9,14-16H,10-13,17H2,1-3H3. The summed E-state index contributed by atoms with van der Waals surface area (Å²) in [7, 11) is 4.71. The van der Waals surface area contributed by atoms with E-state index in [1.54, 1.807) is 33.5 Å². The Labute approximate surface area is 187 Å². The molecule has 0 bridgehead atoms. The molecule has 1 saturated heterocycles. The van der Waals surface area contributed by atoms with Crippen LogP contribution in [0.4, 0.5) is 0 Å². The van der Waals surface area contributed by atoms with Crippen LogP contribution >= 0.6 is 0 Å². The van der Waals surface area contributed by atoms with Gasteiger partial charge in [0, 0.05) is 45.0 Å². The van der Waals surface area contributed by atoms with Crippen LogP contribution in [0.15, 0.2) is 48.7 Å². The molecule has 0 N–H and O–H groups in total. The fraction of sp³-hybridized carbons (Fsp3) is 0.333. The Hall–Kier alpha value is -3.52. The third-order valence-corrected chi connectivity index (χ3v) is 5.60. The molecular weight excluding hydrogens is 408 g/mol. The summed E-state index contributed by atoms with van der Waals surface area (Å²) in [4.78, 5) is 16.9.